The average molecular weight is 365 g/mol. The normalized spacial score (nSPS) is 10.1. The maximum absolute atomic E-state index is 14.2. The number of urea groups is 1. The summed E-state index contributed by atoms with van der Waals surface area (Å²) in [6, 6.07) is 15.4. The molecule has 0 aliphatic rings. The molecule has 2 aromatic carbocycles. The second kappa shape index (κ2) is 8.57. The lowest BCUT2D eigenvalue weighted by Crippen LogP contribution is -2.35. The number of anilines is 1. The number of hydrogen-bond donors (Lipinski definition) is 2. The van der Waals surface area contributed by atoms with E-state index in [1.54, 1.807) is 36.4 Å². The summed E-state index contributed by atoms with van der Waals surface area (Å²) < 4.78 is 19.6. The number of imide groups is 1. The highest BCUT2D eigenvalue weighted by atomic mass is 19.1. The van der Waals surface area contributed by atoms with Crippen LogP contribution in [0.3, 0.4) is 0 Å². The predicted octanol–water partition coefficient (Wildman–Crippen LogP) is 3.90. The molecule has 1 heterocycles. The van der Waals surface area contributed by atoms with Gasteiger partial charge in [-0.1, -0.05) is 30.3 Å². The van der Waals surface area contributed by atoms with Crippen LogP contribution in [0.2, 0.25) is 0 Å². The number of carbonyl (C=O) groups is 2. The van der Waals surface area contributed by atoms with Gasteiger partial charge < -0.3 is 10.1 Å². The molecule has 0 radical (unpaired) electrons. The molecule has 6 nitrogen and oxygen atoms in total. The lowest BCUT2D eigenvalue weighted by Gasteiger charge is -2.10. The van der Waals surface area contributed by atoms with Crippen molar-refractivity contribution in [3.8, 4) is 11.5 Å². The standard InChI is InChI=1S/C20H16FN3O3/c21-17-13-15(6-7-18(17)27-16-8-10-22-11-9-16)23-20(26)24-19(25)12-14-4-2-1-3-5-14/h1-11,13H,12H2,(H2,23,24,25,26). The Kier molecular flexibility index (Phi) is 5.73. The number of carbonyl (C=O) groups excluding carboxylic acids is 2. The smallest absolute Gasteiger partial charge is 0.325 e. The van der Waals surface area contributed by atoms with E-state index in [1.165, 1.54) is 24.5 Å². The number of pyridine rings is 1. The van der Waals surface area contributed by atoms with E-state index in [0.717, 1.165) is 11.6 Å². The zero-order valence-electron chi connectivity index (χ0n) is 14.2. The van der Waals surface area contributed by atoms with Crippen molar-refractivity contribution in [2.75, 3.05) is 5.32 Å². The van der Waals surface area contributed by atoms with E-state index in [9.17, 15) is 14.0 Å². The molecule has 0 aliphatic carbocycles. The summed E-state index contributed by atoms with van der Waals surface area (Å²) in [5.74, 6) is -0.668. The Morgan fingerprint density at radius 2 is 1.74 bits per heavy atom. The molecule has 0 fully saturated rings. The van der Waals surface area contributed by atoms with E-state index in [0.29, 0.717) is 5.75 Å². The first-order valence-electron chi connectivity index (χ1n) is 8.12. The lowest BCUT2D eigenvalue weighted by molar-refractivity contribution is -0.119. The lowest BCUT2D eigenvalue weighted by atomic mass is 10.1. The number of benzene rings is 2. The maximum Gasteiger partial charge on any atom is 0.325 e. The number of ether oxygens (including phenoxy) is 1. The topological polar surface area (TPSA) is 80.3 Å². The van der Waals surface area contributed by atoms with E-state index in [4.69, 9.17) is 4.74 Å². The molecule has 3 rings (SSSR count). The minimum absolute atomic E-state index is 0.00677. The Bertz CT molecular complexity index is 934. The molecular weight excluding hydrogens is 349 g/mol. The van der Waals surface area contributed by atoms with Crippen molar-refractivity contribution >= 4 is 17.6 Å². The number of hydrogen-bond acceptors (Lipinski definition) is 4. The number of rotatable bonds is 5. The van der Waals surface area contributed by atoms with Crippen molar-refractivity contribution in [1.82, 2.24) is 10.3 Å². The van der Waals surface area contributed by atoms with Gasteiger partial charge in [0.2, 0.25) is 5.91 Å². The molecule has 27 heavy (non-hydrogen) atoms. The highest BCUT2D eigenvalue weighted by molar-refractivity contribution is 6.01. The van der Waals surface area contributed by atoms with Crippen LogP contribution in [0.25, 0.3) is 0 Å². The first-order chi connectivity index (χ1) is 13.1. The van der Waals surface area contributed by atoms with Crippen LogP contribution in [0.15, 0.2) is 73.1 Å². The van der Waals surface area contributed by atoms with Gasteiger partial charge >= 0.3 is 6.03 Å². The average Bonchev–Trinajstić information content (AvgIpc) is 2.65. The summed E-state index contributed by atoms with van der Waals surface area (Å²) >= 11 is 0. The Labute approximate surface area is 155 Å². The molecule has 7 heteroatoms. The van der Waals surface area contributed by atoms with Gasteiger partial charge in [0.05, 0.1) is 6.42 Å². The third-order valence-corrected chi connectivity index (χ3v) is 3.53. The second-order valence-corrected chi connectivity index (χ2v) is 5.59. The molecule has 0 atom stereocenters. The number of nitrogens with zero attached hydrogens (tertiary/aromatic N) is 1. The van der Waals surface area contributed by atoms with Gasteiger partial charge in [-0.05, 0) is 29.8 Å². The molecule has 2 N–H and O–H groups in total. The zero-order chi connectivity index (χ0) is 19.1. The summed E-state index contributed by atoms with van der Waals surface area (Å²) in [6.45, 7) is 0. The molecule has 0 spiro atoms. The van der Waals surface area contributed by atoms with Crippen LogP contribution < -0.4 is 15.4 Å². The highest BCUT2D eigenvalue weighted by Crippen LogP contribution is 2.26. The van der Waals surface area contributed by atoms with Crippen LogP contribution in [-0.2, 0) is 11.2 Å². The van der Waals surface area contributed by atoms with Crippen LogP contribution in [0, 0.1) is 5.82 Å². The molecule has 0 aliphatic heterocycles. The van der Waals surface area contributed by atoms with Gasteiger partial charge in [0.25, 0.3) is 0 Å². The molecular formula is C20H16FN3O3. The Balaban J connectivity index is 1.56. The molecule has 0 unspecified atom stereocenters. The molecule has 0 bridgehead atoms. The fourth-order valence-corrected chi connectivity index (χ4v) is 2.31. The van der Waals surface area contributed by atoms with Gasteiger partial charge in [-0.15, -0.1) is 0 Å². The van der Waals surface area contributed by atoms with Gasteiger partial charge in [-0.3, -0.25) is 15.1 Å². The Morgan fingerprint density at radius 1 is 1.00 bits per heavy atom. The van der Waals surface area contributed by atoms with Crippen LogP contribution in [0.4, 0.5) is 14.9 Å². The van der Waals surface area contributed by atoms with E-state index in [2.05, 4.69) is 15.6 Å². The van der Waals surface area contributed by atoms with Crippen LogP contribution >= 0.6 is 0 Å². The maximum atomic E-state index is 14.2. The van der Waals surface area contributed by atoms with Gasteiger partial charge in [0.1, 0.15) is 5.75 Å². The minimum atomic E-state index is -0.738. The van der Waals surface area contributed by atoms with Crippen molar-refractivity contribution in [2.45, 2.75) is 6.42 Å². The number of halogens is 1. The van der Waals surface area contributed by atoms with Crippen molar-refractivity contribution in [2.24, 2.45) is 0 Å². The van der Waals surface area contributed by atoms with Crippen LogP contribution in [0.5, 0.6) is 11.5 Å². The zero-order valence-corrected chi connectivity index (χ0v) is 14.2. The largest absolute Gasteiger partial charge is 0.454 e. The van der Waals surface area contributed by atoms with Gasteiger partial charge in [0, 0.05) is 24.1 Å². The Hall–Kier alpha value is -3.74. The van der Waals surface area contributed by atoms with Gasteiger partial charge in [0.15, 0.2) is 11.6 Å². The summed E-state index contributed by atoms with van der Waals surface area (Å²) in [7, 11) is 0. The van der Waals surface area contributed by atoms with E-state index < -0.39 is 17.8 Å². The molecule has 0 saturated carbocycles. The summed E-state index contributed by atoms with van der Waals surface area (Å²) in [6.07, 6.45) is 3.13. The first kappa shape index (κ1) is 18.1. The summed E-state index contributed by atoms with van der Waals surface area (Å²) in [4.78, 5) is 27.6. The van der Waals surface area contributed by atoms with Crippen molar-refractivity contribution < 1.29 is 18.7 Å². The SMILES string of the molecule is O=C(Cc1ccccc1)NC(=O)Nc1ccc(Oc2ccncc2)c(F)c1. The second-order valence-electron chi connectivity index (χ2n) is 5.59. The van der Waals surface area contributed by atoms with Crippen molar-refractivity contribution in [3.05, 3.63) is 84.4 Å². The fraction of sp³-hybridized carbons (Fsp3) is 0.0500. The van der Waals surface area contributed by atoms with Crippen molar-refractivity contribution in [1.29, 1.82) is 0 Å². The fourth-order valence-electron chi connectivity index (χ4n) is 2.31. The summed E-state index contributed by atoms with van der Waals surface area (Å²) in [5, 5.41) is 4.62. The molecule has 136 valence electrons. The molecule has 1 aromatic heterocycles. The summed E-state index contributed by atoms with van der Waals surface area (Å²) in [5.41, 5.74) is 0.978. The Morgan fingerprint density at radius 3 is 2.44 bits per heavy atom. The van der Waals surface area contributed by atoms with E-state index >= 15 is 0 Å². The number of nitrogens with one attached hydrogen (secondary N) is 2. The molecule has 0 saturated heterocycles. The van der Waals surface area contributed by atoms with E-state index in [1.807, 2.05) is 6.07 Å². The van der Waals surface area contributed by atoms with Crippen molar-refractivity contribution in [3.63, 3.8) is 0 Å². The predicted molar refractivity (Wildman–Crippen MR) is 98.0 cm³/mol. The first-order valence-corrected chi connectivity index (χ1v) is 8.12. The number of amides is 3. The van der Waals surface area contributed by atoms with Crippen LogP contribution in [0.1, 0.15) is 5.56 Å². The third kappa shape index (κ3) is 5.37. The molecule has 3 amide bonds. The van der Waals surface area contributed by atoms with Gasteiger partial charge in [-0.2, -0.15) is 0 Å². The molecule has 3 aromatic rings. The van der Waals surface area contributed by atoms with E-state index in [-0.39, 0.29) is 17.9 Å². The quantitative estimate of drug-likeness (QED) is 0.718. The van der Waals surface area contributed by atoms with Gasteiger partial charge in [-0.25, -0.2) is 9.18 Å². The monoisotopic (exact) mass is 365 g/mol. The minimum Gasteiger partial charge on any atom is -0.454 e. The van der Waals surface area contributed by atoms with Crippen LogP contribution in [-0.4, -0.2) is 16.9 Å². The highest BCUT2D eigenvalue weighted by Gasteiger charge is 2.11. The number of aromatic nitrogens is 1. The third-order valence-electron chi connectivity index (χ3n) is 3.53.